The third-order valence-corrected chi connectivity index (χ3v) is 5.02. The van der Waals surface area contributed by atoms with Crippen molar-refractivity contribution in [3.8, 4) is 17.2 Å². The lowest BCUT2D eigenvalue weighted by Crippen LogP contribution is -2.37. The van der Waals surface area contributed by atoms with Gasteiger partial charge in [0.25, 0.3) is 5.91 Å². The molecule has 6 nitrogen and oxygen atoms in total. The lowest BCUT2D eigenvalue weighted by atomic mass is 10.1. The van der Waals surface area contributed by atoms with Gasteiger partial charge in [0.15, 0.2) is 11.5 Å². The fourth-order valence-corrected chi connectivity index (χ4v) is 3.72. The van der Waals surface area contributed by atoms with Crippen molar-refractivity contribution in [1.29, 1.82) is 0 Å². The van der Waals surface area contributed by atoms with Crippen molar-refractivity contribution in [3.63, 3.8) is 0 Å². The van der Waals surface area contributed by atoms with Crippen LogP contribution in [0.2, 0.25) is 0 Å². The van der Waals surface area contributed by atoms with E-state index in [4.69, 9.17) is 14.2 Å². The summed E-state index contributed by atoms with van der Waals surface area (Å²) in [7, 11) is 4.68. The van der Waals surface area contributed by atoms with Crippen LogP contribution >= 0.6 is 0 Å². The minimum absolute atomic E-state index is 0.0240. The van der Waals surface area contributed by atoms with Crippen molar-refractivity contribution < 1.29 is 19.0 Å². The Bertz CT molecular complexity index is 574. The molecule has 2 aliphatic heterocycles. The first-order valence-electron chi connectivity index (χ1n) is 8.51. The highest BCUT2D eigenvalue weighted by Crippen LogP contribution is 2.38. The summed E-state index contributed by atoms with van der Waals surface area (Å²) in [6, 6.07) is 3.96. The van der Waals surface area contributed by atoms with E-state index in [0.717, 1.165) is 32.6 Å². The topological polar surface area (TPSA) is 51.2 Å². The Morgan fingerprint density at radius 1 is 1.00 bits per heavy atom. The second-order valence-corrected chi connectivity index (χ2v) is 6.35. The third-order valence-electron chi connectivity index (χ3n) is 5.02. The molecule has 2 fully saturated rings. The minimum Gasteiger partial charge on any atom is -0.493 e. The maximum absolute atomic E-state index is 12.9. The number of nitrogens with zero attached hydrogens (tertiary/aromatic N) is 2. The molecule has 2 aliphatic rings. The molecule has 0 bridgehead atoms. The maximum atomic E-state index is 12.9. The second-order valence-electron chi connectivity index (χ2n) is 6.35. The van der Waals surface area contributed by atoms with Crippen LogP contribution in [0.4, 0.5) is 0 Å². The molecule has 1 unspecified atom stereocenters. The van der Waals surface area contributed by atoms with E-state index in [1.807, 2.05) is 4.90 Å². The molecular weight excluding hydrogens is 308 g/mol. The number of benzene rings is 1. The minimum atomic E-state index is 0.0240. The summed E-state index contributed by atoms with van der Waals surface area (Å²) in [5.74, 6) is 1.55. The van der Waals surface area contributed by atoms with Gasteiger partial charge in [0.2, 0.25) is 5.75 Å². The Morgan fingerprint density at radius 3 is 2.17 bits per heavy atom. The van der Waals surface area contributed by atoms with Gasteiger partial charge in [-0.25, -0.2) is 0 Å². The lowest BCUT2D eigenvalue weighted by molar-refractivity contribution is 0.0779. The summed E-state index contributed by atoms with van der Waals surface area (Å²) in [6.07, 6.45) is 3.60. The third kappa shape index (κ3) is 3.15. The van der Waals surface area contributed by atoms with Crippen LogP contribution in [0.15, 0.2) is 12.1 Å². The molecule has 1 atom stereocenters. The summed E-state index contributed by atoms with van der Waals surface area (Å²) < 4.78 is 16.0. The van der Waals surface area contributed by atoms with Gasteiger partial charge in [0.1, 0.15) is 0 Å². The SMILES string of the molecule is COc1cc(C(=O)N2CCC(N3CCCC3)C2)cc(OC)c1OC. The molecule has 0 aromatic heterocycles. The van der Waals surface area contributed by atoms with Crippen LogP contribution in [0.3, 0.4) is 0 Å². The number of ether oxygens (including phenoxy) is 3. The summed E-state index contributed by atoms with van der Waals surface area (Å²) >= 11 is 0. The molecule has 6 heteroatoms. The number of carbonyl (C=O) groups is 1. The van der Waals surface area contributed by atoms with Gasteiger partial charge in [-0.05, 0) is 44.5 Å². The van der Waals surface area contributed by atoms with E-state index in [2.05, 4.69) is 4.90 Å². The predicted octanol–water partition coefficient (Wildman–Crippen LogP) is 2.02. The quantitative estimate of drug-likeness (QED) is 0.825. The predicted molar refractivity (Wildman–Crippen MR) is 91.2 cm³/mol. The van der Waals surface area contributed by atoms with Crippen LogP contribution in [0, 0.1) is 0 Å². The lowest BCUT2D eigenvalue weighted by Gasteiger charge is -2.24. The molecule has 1 amide bonds. The molecule has 2 saturated heterocycles. The molecule has 0 saturated carbocycles. The molecule has 1 aromatic carbocycles. The van der Waals surface area contributed by atoms with Crippen molar-refractivity contribution in [2.75, 3.05) is 47.5 Å². The van der Waals surface area contributed by atoms with Gasteiger partial charge >= 0.3 is 0 Å². The van der Waals surface area contributed by atoms with E-state index in [-0.39, 0.29) is 5.91 Å². The number of hydrogen-bond acceptors (Lipinski definition) is 5. The molecule has 0 aliphatic carbocycles. The molecule has 24 heavy (non-hydrogen) atoms. The van der Waals surface area contributed by atoms with Crippen molar-refractivity contribution in [1.82, 2.24) is 9.80 Å². The number of hydrogen-bond donors (Lipinski definition) is 0. The zero-order chi connectivity index (χ0) is 17.1. The Labute approximate surface area is 143 Å². The summed E-state index contributed by atoms with van der Waals surface area (Å²) in [5.41, 5.74) is 0.576. The second kappa shape index (κ2) is 7.30. The summed E-state index contributed by atoms with van der Waals surface area (Å²) in [5, 5.41) is 0. The first kappa shape index (κ1) is 16.9. The number of carbonyl (C=O) groups excluding carboxylic acids is 1. The molecule has 0 spiro atoms. The normalized spacial score (nSPS) is 21.1. The zero-order valence-electron chi connectivity index (χ0n) is 14.7. The zero-order valence-corrected chi connectivity index (χ0v) is 14.7. The van der Waals surface area contributed by atoms with Crippen LogP contribution < -0.4 is 14.2 Å². The van der Waals surface area contributed by atoms with Gasteiger partial charge in [-0.3, -0.25) is 9.69 Å². The van der Waals surface area contributed by atoms with E-state index in [1.165, 1.54) is 12.8 Å². The molecular formula is C18H26N2O4. The van der Waals surface area contributed by atoms with Crippen molar-refractivity contribution in [3.05, 3.63) is 17.7 Å². The number of rotatable bonds is 5. The molecule has 3 rings (SSSR count). The van der Waals surface area contributed by atoms with Crippen LogP contribution in [0.5, 0.6) is 17.2 Å². The average Bonchev–Trinajstić information content (AvgIpc) is 3.30. The Hall–Kier alpha value is -1.95. The Balaban J connectivity index is 1.77. The molecule has 0 radical (unpaired) electrons. The number of amides is 1. The smallest absolute Gasteiger partial charge is 0.254 e. The van der Waals surface area contributed by atoms with E-state index in [1.54, 1.807) is 33.5 Å². The van der Waals surface area contributed by atoms with Crippen molar-refractivity contribution in [2.45, 2.75) is 25.3 Å². The highest BCUT2D eigenvalue weighted by atomic mass is 16.5. The molecule has 1 aromatic rings. The largest absolute Gasteiger partial charge is 0.493 e. The van der Waals surface area contributed by atoms with Gasteiger partial charge in [0, 0.05) is 24.7 Å². The Morgan fingerprint density at radius 2 is 1.62 bits per heavy atom. The number of likely N-dealkylation sites (tertiary alicyclic amines) is 2. The highest BCUT2D eigenvalue weighted by molar-refractivity contribution is 5.95. The molecule has 0 N–H and O–H groups in total. The average molecular weight is 334 g/mol. The fourth-order valence-electron chi connectivity index (χ4n) is 3.72. The summed E-state index contributed by atoms with van der Waals surface area (Å²) in [4.78, 5) is 17.3. The molecule has 132 valence electrons. The van der Waals surface area contributed by atoms with Gasteiger partial charge in [-0.2, -0.15) is 0 Å². The first-order chi connectivity index (χ1) is 11.7. The van der Waals surface area contributed by atoms with Gasteiger partial charge < -0.3 is 19.1 Å². The van der Waals surface area contributed by atoms with Gasteiger partial charge in [-0.15, -0.1) is 0 Å². The first-order valence-corrected chi connectivity index (χ1v) is 8.51. The maximum Gasteiger partial charge on any atom is 0.254 e. The number of methoxy groups -OCH3 is 3. The molecule has 2 heterocycles. The summed E-state index contributed by atoms with van der Waals surface area (Å²) in [6.45, 7) is 3.93. The van der Waals surface area contributed by atoms with E-state index in [0.29, 0.717) is 28.9 Å². The van der Waals surface area contributed by atoms with Gasteiger partial charge in [-0.1, -0.05) is 0 Å². The van der Waals surface area contributed by atoms with E-state index in [9.17, 15) is 4.79 Å². The Kier molecular flexibility index (Phi) is 5.14. The van der Waals surface area contributed by atoms with E-state index >= 15 is 0 Å². The van der Waals surface area contributed by atoms with Crippen LogP contribution in [-0.2, 0) is 0 Å². The van der Waals surface area contributed by atoms with Crippen LogP contribution in [-0.4, -0.2) is 69.3 Å². The van der Waals surface area contributed by atoms with E-state index < -0.39 is 0 Å². The highest BCUT2D eigenvalue weighted by Gasteiger charge is 2.32. The fraction of sp³-hybridized carbons (Fsp3) is 0.611. The van der Waals surface area contributed by atoms with Crippen molar-refractivity contribution in [2.24, 2.45) is 0 Å². The standard InChI is InChI=1S/C18H26N2O4/c1-22-15-10-13(11-16(23-2)17(15)24-3)18(21)20-9-6-14(12-20)19-7-4-5-8-19/h10-11,14H,4-9,12H2,1-3H3. The van der Waals surface area contributed by atoms with Crippen molar-refractivity contribution >= 4 is 5.91 Å². The van der Waals surface area contributed by atoms with Gasteiger partial charge in [0.05, 0.1) is 21.3 Å². The monoisotopic (exact) mass is 334 g/mol. The van der Waals surface area contributed by atoms with Crippen LogP contribution in [0.1, 0.15) is 29.6 Å². The van der Waals surface area contributed by atoms with Crippen LogP contribution in [0.25, 0.3) is 0 Å².